The van der Waals surface area contributed by atoms with Gasteiger partial charge in [0.25, 0.3) is 5.91 Å². The third kappa shape index (κ3) is 3.39. The Morgan fingerprint density at radius 1 is 1.38 bits per heavy atom. The van der Waals surface area contributed by atoms with Crippen LogP contribution in [-0.4, -0.2) is 44.5 Å². The van der Waals surface area contributed by atoms with Gasteiger partial charge < -0.3 is 15.3 Å². The maximum atomic E-state index is 14.8. The molecule has 0 saturated carbocycles. The van der Waals surface area contributed by atoms with Crippen LogP contribution in [0.15, 0.2) is 36.5 Å². The molecule has 5 rings (SSSR count). The first-order valence-corrected chi connectivity index (χ1v) is 10.2. The van der Waals surface area contributed by atoms with Crippen molar-refractivity contribution >= 4 is 11.7 Å². The molecule has 32 heavy (non-hydrogen) atoms. The third-order valence-corrected chi connectivity index (χ3v) is 5.73. The topological polar surface area (TPSA) is 107 Å². The average Bonchev–Trinajstić information content (AvgIpc) is 3.35. The highest BCUT2D eigenvalue weighted by molar-refractivity contribution is 6.01. The van der Waals surface area contributed by atoms with Crippen molar-refractivity contribution in [3.05, 3.63) is 59.2 Å². The third-order valence-electron chi connectivity index (χ3n) is 5.73. The van der Waals surface area contributed by atoms with Gasteiger partial charge in [0.05, 0.1) is 54.7 Å². The fraction of sp³-hybridized carbons (Fsp3) is 0.304. The number of piperidine rings is 1. The lowest BCUT2D eigenvalue weighted by Gasteiger charge is -2.36. The molecule has 1 aromatic carbocycles. The minimum atomic E-state index is -2.28. The Balaban J connectivity index is 1.68. The molecule has 2 N–H and O–H groups in total. The van der Waals surface area contributed by atoms with Gasteiger partial charge in [-0.3, -0.25) is 4.79 Å². The summed E-state index contributed by atoms with van der Waals surface area (Å²) < 4.78 is 32.6. The van der Waals surface area contributed by atoms with E-state index in [0.29, 0.717) is 25.3 Å². The Morgan fingerprint density at radius 3 is 3.00 bits per heavy atom. The van der Waals surface area contributed by atoms with Gasteiger partial charge in [-0.05, 0) is 38.0 Å². The van der Waals surface area contributed by atoms with Crippen molar-refractivity contribution in [2.24, 2.45) is 0 Å². The molecule has 8 nitrogen and oxygen atoms in total. The Bertz CT molecular complexity index is 1360. The number of benzene rings is 1. The van der Waals surface area contributed by atoms with Gasteiger partial charge in [-0.15, -0.1) is 0 Å². The Labute approximate surface area is 186 Å². The van der Waals surface area contributed by atoms with Crippen LogP contribution in [0.3, 0.4) is 0 Å². The maximum absolute atomic E-state index is 14.8. The second-order valence-electron chi connectivity index (χ2n) is 8.24. The number of fused-ring (bicyclic) bond motifs is 1. The summed E-state index contributed by atoms with van der Waals surface area (Å²) in [6.45, 7) is 0.590. The fourth-order valence-electron chi connectivity index (χ4n) is 4.24. The number of β-amino-alcohol motifs (C(OH)–C–C–N with tert-alkyl or cyclic N) is 1. The molecule has 0 spiro atoms. The molecule has 0 unspecified atom stereocenters. The first kappa shape index (κ1) is 17.9. The highest BCUT2D eigenvalue weighted by Gasteiger charge is 2.31. The lowest BCUT2D eigenvalue weighted by Crippen LogP contribution is -2.46. The molecule has 162 valence electrons. The number of amides is 1. The second-order valence-corrected chi connectivity index (χ2v) is 8.24. The summed E-state index contributed by atoms with van der Waals surface area (Å²) >= 11 is 0. The first-order chi connectivity index (χ1) is 16.1. The molecule has 1 amide bonds. The quantitative estimate of drug-likeness (QED) is 0.656. The highest BCUT2D eigenvalue weighted by atomic mass is 19.1. The number of anilines is 1. The molecule has 1 atom stereocenters. The van der Waals surface area contributed by atoms with Gasteiger partial charge in [0.1, 0.15) is 5.82 Å². The summed E-state index contributed by atoms with van der Waals surface area (Å²) in [5, 5.41) is 26.8. The Hall–Kier alpha value is -3.77. The summed E-state index contributed by atoms with van der Waals surface area (Å²) in [6.07, 6.45) is 3.10. The number of aromatic nitrogens is 3. The molecule has 1 fully saturated rings. The number of pyridine rings is 1. The van der Waals surface area contributed by atoms with Gasteiger partial charge in [0.2, 0.25) is 0 Å². The molecule has 2 aliphatic rings. The molecule has 4 heterocycles. The van der Waals surface area contributed by atoms with Crippen LogP contribution in [0.1, 0.15) is 44.1 Å². The van der Waals surface area contributed by atoms with E-state index in [1.54, 1.807) is 19.2 Å². The number of carbonyl (C=O) groups is 1. The van der Waals surface area contributed by atoms with Crippen LogP contribution in [0, 0.1) is 17.1 Å². The largest absolute Gasteiger partial charge is 0.388 e. The van der Waals surface area contributed by atoms with Crippen LogP contribution >= 0.6 is 0 Å². The summed E-state index contributed by atoms with van der Waals surface area (Å²) in [5.41, 5.74) is -0.875. The van der Waals surface area contributed by atoms with Gasteiger partial charge >= 0.3 is 0 Å². The molecule has 0 aliphatic carbocycles. The predicted molar refractivity (Wildman–Crippen MR) is 115 cm³/mol. The molecular weight excluding hydrogens is 411 g/mol. The zero-order valence-electron chi connectivity index (χ0n) is 19.3. The minimum Gasteiger partial charge on any atom is -0.388 e. The van der Waals surface area contributed by atoms with Gasteiger partial charge in [-0.1, -0.05) is 6.07 Å². The van der Waals surface area contributed by atoms with Crippen LogP contribution in [0.4, 0.5) is 10.2 Å². The lowest BCUT2D eigenvalue weighted by atomic mass is 9.95. The monoisotopic (exact) mass is 434 g/mol. The van der Waals surface area contributed by atoms with Gasteiger partial charge in [0, 0.05) is 25.4 Å². The Morgan fingerprint density at radius 2 is 2.22 bits per heavy atom. The summed E-state index contributed by atoms with van der Waals surface area (Å²) in [5.74, 6) is -0.773. The van der Waals surface area contributed by atoms with E-state index in [-0.39, 0.29) is 33.8 Å². The standard InChI is InChI=1S/C23H21FN6O2/c1-23(32)7-3-8-29(13-23)19-6-9-30(28-19)18-10-16(27-17-12-26-22(31)21(17)18)20-14(11-25)4-2-5-15(20)24/h2,4-6,9-10,32H,3,7-8,12-13H2,1H3,(H,26,31)/t23-/m1/s1/i12D2. The molecule has 1 saturated heterocycles. The normalized spacial score (nSPS) is 22.6. The predicted octanol–water partition coefficient (Wildman–Crippen LogP) is 2.54. The molecule has 2 aliphatic heterocycles. The number of carbonyl (C=O) groups excluding carboxylic acids is 1. The summed E-state index contributed by atoms with van der Waals surface area (Å²) in [7, 11) is 0. The Kier molecular flexibility index (Phi) is 4.15. The van der Waals surface area contributed by atoms with E-state index in [1.165, 1.54) is 28.9 Å². The highest BCUT2D eigenvalue weighted by Crippen LogP contribution is 2.32. The van der Waals surface area contributed by atoms with E-state index in [4.69, 9.17) is 2.74 Å². The molecule has 0 radical (unpaired) electrons. The van der Waals surface area contributed by atoms with Gasteiger partial charge in [-0.2, -0.15) is 10.4 Å². The number of halogens is 1. The van der Waals surface area contributed by atoms with Crippen molar-refractivity contribution in [1.29, 1.82) is 5.26 Å². The SMILES string of the molecule is [2H]C1([2H])NC(=O)c2c(-n3ccc(N4CCC[C@@](C)(O)C4)n3)cc(-c3c(F)cccc3C#N)nc21. The van der Waals surface area contributed by atoms with E-state index in [1.807, 2.05) is 11.0 Å². The van der Waals surface area contributed by atoms with E-state index in [0.717, 1.165) is 6.42 Å². The number of hydrogen-bond acceptors (Lipinski definition) is 6. The van der Waals surface area contributed by atoms with Crippen molar-refractivity contribution in [2.45, 2.75) is 31.9 Å². The maximum Gasteiger partial charge on any atom is 0.255 e. The number of aliphatic hydroxyl groups is 1. The number of nitrogens with one attached hydrogen (secondary N) is 1. The van der Waals surface area contributed by atoms with Crippen LogP contribution in [-0.2, 0) is 6.50 Å². The number of hydrogen-bond donors (Lipinski definition) is 2. The van der Waals surface area contributed by atoms with E-state index in [9.17, 15) is 19.6 Å². The van der Waals surface area contributed by atoms with Crippen molar-refractivity contribution in [2.75, 3.05) is 18.0 Å². The summed E-state index contributed by atoms with van der Waals surface area (Å²) in [6, 6.07) is 9.15. The zero-order chi connectivity index (χ0) is 24.3. The van der Waals surface area contributed by atoms with Gasteiger partial charge in [0.15, 0.2) is 5.82 Å². The van der Waals surface area contributed by atoms with Crippen molar-refractivity contribution in [3.8, 4) is 23.0 Å². The van der Waals surface area contributed by atoms with Crippen LogP contribution in [0.2, 0.25) is 0 Å². The molecule has 9 heteroatoms. The molecule has 2 aromatic heterocycles. The number of rotatable bonds is 3. The van der Waals surface area contributed by atoms with Crippen molar-refractivity contribution in [3.63, 3.8) is 0 Å². The van der Waals surface area contributed by atoms with Crippen molar-refractivity contribution < 1.29 is 17.0 Å². The van der Waals surface area contributed by atoms with Crippen molar-refractivity contribution in [1.82, 2.24) is 20.1 Å². The van der Waals surface area contributed by atoms with Crippen LogP contribution < -0.4 is 10.2 Å². The molecule has 3 aromatic rings. The van der Waals surface area contributed by atoms with Gasteiger partial charge in [-0.25, -0.2) is 14.1 Å². The van der Waals surface area contributed by atoms with Crippen LogP contribution in [0.5, 0.6) is 0 Å². The van der Waals surface area contributed by atoms with E-state index < -0.39 is 23.8 Å². The lowest BCUT2D eigenvalue weighted by molar-refractivity contribution is 0.0447. The first-order valence-electron chi connectivity index (χ1n) is 11.2. The minimum absolute atomic E-state index is 0.0103. The average molecular weight is 434 g/mol. The zero-order valence-corrected chi connectivity index (χ0v) is 17.3. The second kappa shape index (κ2) is 7.43. The molecular formula is C23H21FN6O2. The number of nitriles is 1. The fourth-order valence-corrected chi connectivity index (χ4v) is 4.24. The number of nitrogens with zero attached hydrogens (tertiary/aromatic N) is 5. The van der Waals surface area contributed by atoms with Crippen LogP contribution in [0.25, 0.3) is 16.9 Å². The van der Waals surface area contributed by atoms with E-state index >= 15 is 0 Å². The summed E-state index contributed by atoms with van der Waals surface area (Å²) in [4.78, 5) is 18.9. The van der Waals surface area contributed by atoms with E-state index in [2.05, 4.69) is 15.4 Å². The molecule has 0 bridgehead atoms. The smallest absolute Gasteiger partial charge is 0.255 e.